The Hall–Kier alpha value is -2.90. The van der Waals surface area contributed by atoms with Crippen molar-refractivity contribution in [2.45, 2.75) is 6.04 Å². The first-order valence-corrected chi connectivity index (χ1v) is 9.40. The SMILES string of the molecule is COc1ccc(Cl)cc1/C(O)=C1\C(=O)C(=O)N(CCN(C)C)C1c1cccnc1. The van der Waals surface area contributed by atoms with Gasteiger partial charge in [0.1, 0.15) is 11.5 Å². The van der Waals surface area contributed by atoms with Gasteiger partial charge in [0.05, 0.1) is 24.3 Å². The topological polar surface area (TPSA) is 83.0 Å². The number of aliphatic hydroxyl groups excluding tert-OH is 1. The Morgan fingerprint density at radius 1 is 1.31 bits per heavy atom. The Morgan fingerprint density at radius 2 is 2.07 bits per heavy atom. The Labute approximate surface area is 174 Å². The van der Waals surface area contributed by atoms with Crippen LogP contribution in [0.15, 0.2) is 48.3 Å². The van der Waals surface area contributed by atoms with Gasteiger partial charge in [-0.05, 0) is 43.9 Å². The van der Waals surface area contributed by atoms with Crippen molar-refractivity contribution in [1.29, 1.82) is 0 Å². The van der Waals surface area contributed by atoms with E-state index in [1.807, 2.05) is 19.0 Å². The monoisotopic (exact) mass is 415 g/mol. The molecule has 29 heavy (non-hydrogen) atoms. The van der Waals surface area contributed by atoms with Crippen LogP contribution >= 0.6 is 11.6 Å². The van der Waals surface area contributed by atoms with Crippen LogP contribution in [0.4, 0.5) is 0 Å². The molecule has 7 nitrogen and oxygen atoms in total. The molecule has 1 amide bonds. The average Bonchev–Trinajstić information content (AvgIpc) is 2.97. The van der Waals surface area contributed by atoms with Crippen LogP contribution in [0.3, 0.4) is 0 Å². The summed E-state index contributed by atoms with van der Waals surface area (Å²) in [6.07, 6.45) is 3.19. The molecule has 0 aliphatic carbocycles. The summed E-state index contributed by atoms with van der Waals surface area (Å²) in [5.41, 5.74) is 0.870. The fraction of sp³-hybridized carbons (Fsp3) is 0.286. The highest BCUT2D eigenvalue weighted by molar-refractivity contribution is 6.46. The van der Waals surface area contributed by atoms with E-state index in [0.717, 1.165) is 0 Å². The summed E-state index contributed by atoms with van der Waals surface area (Å²) in [7, 11) is 5.22. The number of ketones is 1. The number of hydrogen-bond donors (Lipinski definition) is 1. The molecule has 2 heterocycles. The van der Waals surface area contributed by atoms with Crippen LogP contribution in [0, 0.1) is 0 Å². The second kappa shape index (κ2) is 8.63. The number of Topliss-reactive ketones (excluding diaryl/α,β-unsaturated/α-hetero) is 1. The molecular weight excluding hydrogens is 394 g/mol. The number of aliphatic hydroxyl groups is 1. The molecule has 0 spiro atoms. The van der Waals surface area contributed by atoms with Gasteiger partial charge in [-0.1, -0.05) is 17.7 Å². The second-order valence-corrected chi connectivity index (χ2v) is 7.36. The minimum atomic E-state index is -0.757. The zero-order valence-corrected chi connectivity index (χ0v) is 17.2. The van der Waals surface area contributed by atoms with E-state index in [1.165, 1.54) is 18.1 Å². The van der Waals surface area contributed by atoms with E-state index < -0.39 is 17.7 Å². The maximum atomic E-state index is 12.9. The van der Waals surface area contributed by atoms with Crippen molar-refractivity contribution in [3.05, 3.63) is 64.4 Å². The van der Waals surface area contributed by atoms with Gasteiger partial charge in [-0.3, -0.25) is 14.6 Å². The van der Waals surface area contributed by atoms with Gasteiger partial charge in [-0.2, -0.15) is 0 Å². The second-order valence-electron chi connectivity index (χ2n) is 6.93. The molecule has 1 N–H and O–H groups in total. The summed E-state index contributed by atoms with van der Waals surface area (Å²) >= 11 is 6.09. The number of carbonyl (C=O) groups excluding carboxylic acids is 2. The largest absolute Gasteiger partial charge is 0.507 e. The van der Waals surface area contributed by atoms with Crippen molar-refractivity contribution in [3.8, 4) is 5.75 Å². The predicted octanol–water partition coefficient (Wildman–Crippen LogP) is 2.73. The number of aromatic nitrogens is 1. The van der Waals surface area contributed by atoms with Gasteiger partial charge in [0.2, 0.25) is 0 Å². The number of carbonyl (C=O) groups is 2. The molecule has 1 aliphatic heterocycles. The predicted molar refractivity (Wildman–Crippen MR) is 110 cm³/mol. The lowest BCUT2D eigenvalue weighted by atomic mass is 9.96. The molecule has 1 atom stereocenters. The van der Waals surface area contributed by atoms with E-state index in [1.54, 1.807) is 36.7 Å². The molecule has 8 heteroatoms. The van der Waals surface area contributed by atoms with Gasteiger partial charge in [-0.15, -0.1) is 0 Å². The van der Waals surface area contributed by atoms with Crippen molar-refractivity contribution in [2.75, 3.05) is 34.3 Å². The number of pyridine rings is 1. The summed E-state index contributed by atoms with van der Waals surface area (Å²) < 4.78 is 5.31. The summed E-state index contributed by atoms with van der Waals surface area (Å²) in [5, 5.41) is 11.4. The number of hydrogen-bond acceptors (Lipinski definition) is 6. The number of halogens is 1. The van der Waals surface area contributed by atoms with Crippen LogP contribution in [-0.4, -0.2) is 65.9 Å². The van der Waals surface area contributed by atoms with Crippen molar-refractivity contribution in [3.63, 3.8) is 0 Å². The van der Waals surface area contributed by atoms with Gasteiger partial charge >= 0.3 is 0 Å². The van der Waals surface area contributed by atoms with E-state index in [4.69, 9.17) is 16.3 Å². The average molecular weight is 416 g/mol. The lowest BCUT2D eigenvalue weighted by Crippen LogP contribution is -2.35. The molecule has 1 aromatic heterocycles. The van der Waals surface area contributed by atoms with Crippen LogP contribution in [0.25, 0.3) is 5.76 Å². The first-order chi connectivity index (χ1) is 13.8. The van der Waals surface area contributed by atoms with E-state index in [0.29, 0.717) is 29.4 Å². The third-order valence-electron chi connectivity index (χ3n) is 4.74. The Kier molecular flexibility index (Phi) is 6.20. The van der Waals surface area contributed by atoms with E-state index in [2.05, 4.69) is 4.98 Å². The van der Waals surface area contributed by atoms with Gasteiger partial charge in [-0.25, -0.2) is 0 Å². The minimum Gasteiger partial charge on any atom is -0.507 e. The quantitative estimate of drug-likeness (QED) is 0.443. The number of likely N-dealkylation sites (tertiary alicyclic amines) is 1. The van der Waals surface area contributed by atoms with Crippen LogP contribution < -0.4 is 4.74 Å². The third kappa shape index (κ3) is 4.11. The molecule has 2 aromatic rings. The van der Waals surface area contributed by atoms with Crippen molar-refractivity contribution in [1.82, 2.24) is 14.8 Å². The van der Waals surface area contributed by atoms with E-state index in [9.17, 15) is 14.7 Å². The van der Waals surface area contributed by atoms with Crippen LogP contribution in [0.2, 0.25) is 5.02 Å². The van der Waals surface area contributed by atoms with Gasteiger partial charge < -0.3 is 19.6 Å². The van der Waals surface area contributed by atoms with E-state index in [-0.39, 0.29) is 16.9 Å². The van der Waals surface area contributed by atoms with E-state index >= 15 is 0 Å². The first-order valence-electron chi connectivity index (χ1n) is 9.02. The van der Waals surface area contributed by atoms with Gasteiger partial charge in [0.25, 0.3) is 11.7 Å². The highest BCUT2D eigenvalue weighted by atomic mass is 35.5. The third-order valence-corrected chi connectivity index (χ3v) is 4.98. The molecule has 1 aliphatic rings. The number of methoxy groups -OCH3 is 1. The molecular formula is C21H22ClN3O4. The zero-order chi connectivity index (χ0) is 21.1. The van der Waals surface area contributed by atoms with Gasteiger partial charge in [0.15, 0.2) is 0 Å². The number of ether oxygens (including phenoxy) is 1. The summed E-state index contributed by atoms with van der Waals surface area (Å²) in [6.45, 7) is 0.880. The zero-order valence-electron chi connectivity index (χ0n) is 16.4. The maximum absolute atomic E-state index is 12.9. The number of amides is 1. The molecule has 0 bridgehead atoms. The summed E-state index contributed by atoms with van der Waals surface area (Å²) in [6, 6.07) is 7.45. The number of benzene rings is 1. The Bertz CT molecular complexity index is 960. The number of nitrogens with zero attached hydrogens (tertiary/aromatic N) is 3. The lowest BCUT2D eigenvalue weighted by Gasteiger charge is -2.26. The Morgan fingerprint density at radius 3 is 2.69 bits per heavy atom. The van der Waals surface area contributed by atoms with Crippen molar-refractivity contribution in [2.24, 2.45) is 0 Å². The van der Waals surface area contributed by atoms with Crippen LogP contribution in [0.5, 0.6) is 5.75 Å². The van der Waals surface area contributed by atoms with Gasteiger partial charge in [0, 0.05) is 30.5 Å². The fourth-order valence-corrected chi connectivity index (χ4v) is 3.49. The summed E-state index contributed by atoms with van der Waals surface area (Å²) in [4.78, 5) is 33.2. The van der Waals surface area contributed by atoms with Crippen LogP contribution in [-0.2, 0) is 9.59 Å². The van der Waals surface area contributed by atoms with Crippen molar-refractivity contribution < 1.29 is 19.4 Å². The minimum absolute atomic E-state index is 0.0117. The normalized spacial score (nSPS) is 18.5. The first kappa shape index (κ1) is 20.8. The van der Waals surface area contributed by atoms with Crippen LogP contribution in [0.1, 0.15) is 17.2 Å². The smallest absolute Gasteiger partial charge is 0.295 e. The lowest BCUT2D eigenvalue weighted by molar-refractivity contribution is -0.140. The Balaban J connectivity index is 2.19. The molecule has 0 radical (unpaired) electrons. The molecule has 152 valence electrons. The molecule has 1 aromatic carbocycles. The number of rotatable bonds is 6. The summed E-state index contributed by atoms with van der Waals surface area (Å²) in [5.74, 6) is -1.40. The molecule has 1 fully saturated rings. The molecule has 0 saturated carbocycles. The molecule has 1 unspecified atom stereocenters. The highest BCUT2D eigenvalue weighted by Crippen LogP contribution is 2.41. The fourth-order valence-electron chi connectivity index (χ4n) is 3.31. The molecule has 3 rings (SSSR count). The maximum Gasteiger partial charge on any atom is 0.295 e. The highest BCUT2D eigenvalue weighted by Gasteiger charge is 2.46. The van der Waals surface area contributed by atoms with Crippen molar-refractivity contribution >= 4 is 29.1 Å². The molecule has 1 saturated heterocycles. The number of likely N-dealkylation sites (N-methyl/N-ethyl adjacent to an activating group) is 1. The standard InChI is InChI=1S/C21H22ClN3O4/c1-24(2)9-10-25-18(13-5-4-8-23-12-13)17(20(27)21(25)28)19(26)15-11-14(22)6-7-16(15)29-3/h4-8,11-12,18,26H,9-10H2,1-3H3/b19-17+.